The summed E-state index contributed by atoms with van der Waals surface area (Å²) in [6, 6.07) is 0. The van der Waals surface area contributed by atoms with Gasteiger partial charge in [0.2, 0.25) is 0 Å². The fourth-order valence-electron chi connectivity index (χ4n) is 2.39. The second kappa shape index (κ2) is 3.17. The van der Waals surface area contributed by atoms with Gasteiger partial charge in [0, 0.05) is 6.42 Å². The molecule has 0 aromatic carbocycles. The molecule has 1 radical (unpaired) electrons. The maximum atomic E-state index is 2.39. The van der Waals surface area contributed by atoms with Gasteiger partial charge in [-0.2, -0.15) is 0 Å². The summed E-state index contributed by atoms with van der Waals surface area (Å²) in [5.74, 6) is 0.734. The standard InChI is InChI=1S/C13H17/c1-9-4-5-13-11(3)6-10(2)8-12(13)7-9/h4-6,10H,7-8H2,1-3H3. The van der Waals surface area contributed by atoms with Gasteiger partial charge in [0.15, 0.2) is 0 Å². The van der Waals surface area contributed by atoms with Crippen molar-refractivity contribution in [2.75, 3.05) is 0 Å². The van der Waals surface area contributed by atoms with E-state index < -0.39 is 0 Å². The van der Waals surface area contributed by atoms with Crippen molar-refractivity contribution in [2.45, 2.75) is 33.6 Å². The second-order valence-electron chi connectivity index (χ2n) is 4.40. The van der Waals surface area contributed by atoms with Crippen LogP contribution in [0.25, 0.3) is 0 Å². The SMILES string of the molecule is CC1=C[CH]C2=C(C1)CC(C)C=C2C. The first-order valence-corrected chi connectivity index (χ1v) is 5.08. The lowest BCUT2D eigenvalue weighted by Gasteiger charge is -2.26. The lowest BCUT2D eigenvalue weighted by atomic mass is 9.79. The third-order valence-electron chi connectivity index (χ3n) is 2.94. The Morgan fingerprint density at radius 2 is 2.08 bits per heavy atom. The highest BCUT2D eigenvalue weighted by molar-refractivity contribution is 5.50. The van der Waals surface area contributed by atoms with Gasteiger partial charge in [-0.05, 0) is 38.2 Å². The van der Waals surface area contributed by atoms with E-state index in [1.165, 1.54) is 29.6 Å². The maximum Gasteiger partial charge on any atom is 0.0126 e. The maximum absolute atomic E-state index is 2.39. The van der Waals surface area contributed by atoms with Crippen LogP contribution >= 0.6 is 0 Å². The molecular weight excluding hydrogens is 156 g/mol. The van der Waals surface area contributed by atoms with E-state index in [-0.39, 0.29) is 0 Å². The smallest absolute Gasteiger partial charge is 0.0126 e. The highest BCUT2D eigenvalue weighted by atomic mass is 14.2. The van der Waals surface area contributed by atoms with Crippen molar-refractivity contribution in [3.63, 3.8) is 0 Å². The van der Waals surface area contributed by atoms with Gasteiger partial charge >= 0.3 is 0 Å². The van der Waals surface area contributed by atoms with Crippen molar-refractivity contribution >= 4 is 0 Å². The van der Waals surface area contributed by atoms with Gasteiger partial charge in [-0.3, -0.25) is 0 Å². The molecule has 0 aliphatic heterocycles. The minimum absolute atomic E-state index is 0.734. The molecule has 0 bridgehead atoms. The Hall–Kier alpha value is -0.780. The van der Waals surface area contributed by atoms with Crippen molar-refractivity contribution in [1.82, 2.24) is 0 Å². The van der Waals surface area contributed by atoms with Crippen LogP contribution in [0.15, 0.2) is 34.4 Å². The zero-order chi connectivity index (χ0) is 9.42. The van der Waals surface area contributed by atoms with Crippen LogP contribution in [-0.2, 0) is 0 Å². The van der Waals surface area contributed by atoms with Crippen LogP contribution in [0, 0.1) is 12.3 Å². The zero-order valence-corrected chi connectivity index (χ0v) is 8.72. The number of hydrogen-bond acceptors (Lipinski definition) is 0. The van der Waals surface area contributed by atoms with Crippen molar-refractivity contribution in [1.29, 1.82) is 0 Å². The molecule has 0 aromatic rings. The average Bonchev–Trinajstić information content (AvgIpc) is 2.02. The van der Waals surface area contributed by atoms with Gasteiger partial charge in [-0.25, -0.2) is 0 Å². The molecule has 0 aromatic heterocycles. The number of rotatable bonds is 0. The third kappa shape index (κ3) is 1.63. The molecule has 0 fully saturated rings. The monoisotopic (exact) mass is 173 g/mol. The molecule has 69 valence electrons. The third-order valence-corrected chi connectivity index (χ3v) is 2.94. The molecule has 0 N–H and O–H groups in total. The summed E-state index contributed by atoms with van der Waals surface area (Å²) in [6.45, 7) is 6.76. The van der Waals surface area contributed by atoms with Crippen molar-refractivity contribution in [3.05, 3.63) is 40.9 Å². The van der Waals surface area contributed by atoms with E-state index in [0.29, 0.717) is 0 Å². The van der Waals surface area contributed by atoms with Crippen molar-refractivity contribution in [2.24, 2.45) is 5.92 Å². The summed E-state index contributed by atoms with van der Waals surface area (Å²) in [7, 11) is 0. The zero-order valence-electron chi connectivity index (χ0n) is 8.72. The van der Waals surface area contributed by atoms with Crippen LogP contribution in [0.4, 0.5) is 0 Å². The Labute approximate surface area is 81.0 Å². The molecule has 0 nitrogen and oxygen atoms in total. The fourth-order valence-corrected chi connectivity index (χ4v) is 2.39. The minimum Gasteiger partial charge on any atom is -0.0781 e. The van der Waals surface area contributed by atoms with Gasteiger partial charge in [0.1, 0.15) is 0 Å². The van der Waals surface area contributed by atoms with Crippen LogP contribution < -0.4 is 0 Å². The van der Waals surface area contributed by atoms with Gasteiger partial charge in [-0.15, -0.1) is 0 Å². The van der Waals surface area contributed by atoms with E-state index in [2.05, 4.69) is 39.3 Å². The van der Waals surface area contributed by atoms with E-state index in [1.54, 1.807) is 5.57 Å². The molecule has 0 heterocycles. The molecule has 0 spiro atoms. The summed E-state index contributed by atoms with van der Waals surface area (Å²) >= 11 is 0. The molecule has 0 saturated carbocycles. The van der Waals surface area contributed by atoms with Crippen LogP contribution in [0.1, 0.15) is 33.6 Å². The lowest BCUT2D eigenvalue weighted by molar-refractivity contribution is 0.674. The van der Waals surface area contributed by atoms with Crippen molar-refractivity contribution < 1.29 is 0 Å². The first-order chi connectivity index (χ1) is 6.16. The van der Waals surface area contributed by atoms with E-state index in [0.717, 1.165) is 5.92 Å². The number of hydrogen-bond donors (Lipinski definition) is 0. The van der Waals surface area contributed by atoms with E-state index in [1.807, 2.05) is 0 Å². The molecule has 0 saturated heterocycles. The highest BCUT2D eigenvalue weighted by Crippen LogP contribution is 2.36. The summed E-state index contributed by atoms with van der Waals surface area (Å²) < 4.78 is 0. The van der Waals surface area contributed by atoms with Gasteiger partial charge in [-0.1, -0.05) is 35.8 Å². The molecule has 2 rings (SSSR count). The predicted molar refractivity (Wildman–Crippen MR) is 57.2 cm³/mol. The normalized spacial score (nSPS) is 28.1. The fraction of sp³-hybridized carbons (Fsp3) is 0.462. The van der Waals surface area contributed by atoms with Crippen LogP contribution in [0.2, 0.25) is 0 Å². The molecular formula is C13H17. The van der Waals surface area contributed by atoms with E-state index >= 15 is 0 Å². The van der Waals surface area contributed by atoms with E-state index in [4.69, 9.17) is 0 Å². The minimum atomic E-state index is 0.734. The molecule has 0 heteroatoms. The molecule has 1 atom stereocenters. The first-order valence-electron chi connectivity index (χ1n) is 5.08. The Morgan fingerprint density at radius 3 is 2.85 bits per heavy atom. The Kier molecular flexibility index (Phi) is 2.15. The Morgan fingerprint density at radius 1 is 1.31 bits per heavy atom. The van der Waals surface area contributed by atoms with Crippen LogP contribution in [0.3, 0.4) is 0 Å². The Bertz CT molecular complexity index is 313. The quantitative estimate of drug-likeness (QED) is 0.522. The molecule has 1 unspecified atom stereocenters. The summed E-state index contributed by atoms with van der Waals surface area (Å²) in [4.78, 5) is 0. The summed E-state index contributed by atoms with van der Waals surface area (Å²) in [6.07, 6.45) is 9.39. The molecule has 13 heavy (non-hydrogen) atoms. The average molecular weight is 173 g/mol. The van der Waals surface area contributed by atoms with Gasteiger partial charge in [0.05, 0.1) is 0 Å². The summed E-state index contributed by atoms with van der Waals surface area (Å²) in [5, 5.41) is 0. The molecule has 0 amide bonds. The molecule has 2 aliphatic carbocycles. The largest absolute Gasteiger partial charge is 0.0781 e. The van der Waals surface area contributed by atoms with Gasteiger partial charge < -0.3 is 0 Å². The van der Waals surface area contributed by atoms with E-state index in [9.17, 15) is 0 Å². The topological polar surface area (TPSA) is 0 Å². The molecule has 2 aliphatic rings. The van der Waals surface area contributed by atoms with Crippen molar-refractivity contribution in [3.8, 4) is 0 Å². The number of allylic oxidation sites excluding steroid dienone is 6. The van der Waals surface area contributed by atoms with Crippen LogP contribution in [-0.4, -0.2) is 0 Å². The second-order valence-corrected chi connectivity index (χ2v) is 4.40. The first kappa shape index (κ1) is 8.80. The Balaban J connectivity index is 2.29. The van der Waals surface area contributed by atoms with Crippen LogP contribution in [0.5, 0.6) is 0 Å². The van der Waals surface area contributed by atoms with Gasteiger partial charge in [0.25, 0.3) is 0 Å². The lowest BCUT2D eigenvalue weighted by Crippen LogP contribution is -2.09. The highest BCUT2D eigenvalue weighted by Gasteiger charge is 2.19. The predicted octanol–water partition coefficient (Wildman–Crippen LogP) is 3.82. The summed E-state index contributed by atoms with van der Waals surface area (Å²) in [5.41, 5.74) is 6.12.